The Bertz CT molecular complexity index is 3370. The Morgan fingerprint density at radius 1 is 0.913 bits per heavy atom. The zero-order chi connectivity index (χ0) is 48.9. The van der Waals surface area contributed by atoms with Crippen LogP contribution in [0.25, 0.3) is 5.69 Å². The highest BCUT2D eigenvalue weighted by Crippen LogP contribution is 2.59. The monoisotopic (exact) mass is 991 g/mol. The van der Waals surface area contributed by atoms with E-state index in [2.05, 4.69) is 20.8 Å². The van der Waals surface area contributed by atoms with Crippen LogP contribution in [-0.4, -0.2) is 76.8 Å². The van der Waals surface area contributed by atoms with Crippen LogP contribution >= 0.6 is 11.6 Å². The van der Waals surface area contributed by atoms with Gasteiger partial charge in [0.1, 0.15) is 23.4 Å². The number of aromatic nitrogens is 3. The number of nitrogens with zero attached hydrogens (tertiary/aromatic N) is 4. The van der Waals surface area contributed by atoms with Gasteiger partial charge in [-0.15, -0.1) is 10.2 Å². The van der Waals surface area contributed by atoms with E-state index in [0.717, 1.165) is 16.8 Å². The van der Waals surface area contributed by atoms with Crippen molar-refractivity contribution in [3.8, 4) is 22.9 Å². The van der Waals surface area contributed by atoms with Gasteiger partial charge in [-0.05, 0) is 104 Å². The number of hydrogen-bond acceptors (Lipinski definition) is 15. The smallest absolute Gasteiger partial charge is 0.340 e. The molecule has 21 heteroatoms. The van der Waals surface area contributed by atoms with Crippen LogP contribution in [0.5, 0.6) is 17.2 Å². The average molecular weight is 993 g/mol. The Labute approximate surface area is 402 Å². The van der Waals surface area contributed by atoms with Crippen molar-refractivity contribution in [1.29, 1.82) is 0 Å². The van der Waals surface area contributed by atoms with Crippen molar-refractivity contribution < 1.29 is 45.8 Å². The molecule has 0 radical (unpaired) electrons. The number of rotatable bonds is 13. The molecule has 18 nitrogen and oxygen atoms in total. The molecule has 0 aliphatic carbocycles. The largest absolute Gasteiger partial charge is 0.497 e. The molecular weight excluding hydrogens is 948 g/mol. The van der Waals surface area contributed by atoms with Gasteiger partial charge in [0.2, 0.25) is 5.91 Å². The van der Waals surface area contributed by atoms with E-state index in [9.17, 15) is 31.6 Å². The molecule has 7 N–H and O–H groups in total. The number of aliphatic imine (C=N–C) groups is 1. The van der Waals surface area contributed by atoms with Crippen molar-refractivity contribution in [2.75, 3.05) is 31.7 Å². The van der Waals surface area contributed by atoms with E-state index in [-0.39, 0.29) is 68.7 Å². The molecule has 2 atom stereocenters. The number of methoxy groups -OCH3 is 1. The number of carbonyl (C=O) groups excluding carboxylic acids is 3. The number of esters is 1. The molecule has 0 saturated heterocycles. The summed E-state index contributed by atoms with van der Waals surface area (Å²) < 4.78 is 69.1. The van der Waals surface area contributed by atoms with Gasteiger partial charge < -0.3 is 40.5 Å². The Balaban J connectivity index is 0.885. The van der Waals surface area contributed by atoms with Gasteiger partial charge in [-0.2, -0.15) is 13.8 Å². The topological polar surface area (TPSA) is 270 Å². The number of benzene rings is 5. The second-order valence-corrected chi connectivity index (χ2v) is 19.6. The maximum atomic E-state index is 13.7. The Kier molecular flexibility index (Phi) is 12.4. The molecule has 2 unspecified atom stereocenters. The zero-order valence-corrected chi connectivity index (χ0v) is 39.6. The molecule has 3 aliphatic heterocycles. The van der Waals surface area contributed by atoms with Crippen LogP contribution in [0.1, 0.15) is 98.8 Å². The molecule has 0 saturated carbocycles. The third-order valence-corrected chi connectivity index (χ3v) is 14.6. The fourth-order valence-electron chi connectivity index (χ4n) is 8.94. The molecule has 3 aliphatic rings. The molecule has 0 fully saturated rings. The van der Waals surface area contributed by atoms with Crippen molar-refractivity contribution in [1.82, 2.24) is 25.4 Å². The Hall–Kier alpha value is -7.26. The Morgan fingerprint density at radius 2 is 1.62 bits per heavy atom. The lowest BCUT2D eigenvalue weighted by atomic mass is 9.77. The van der Waals surface area contributed by atoms with Crippen LogP contribution in [-0.2, 0) is 39.8 Å². The van der Waals surface area contributed by atoms with Gasteiger partial charge in [0.05, 0.1) is 36.2 Å². The number of ether oxygens (including phenoxy) is 3. The summed E-state index contributed by atoms with van der Waals surface area (Å²) in [5.41, 5.74) is 13.6. The summed E-state index contributed by atoms with van der Waals surface area (Å²) in [6.07, 6.45) is 1.82. The van der Waals surface area contributed by atoms with Crippen molar-refractivity contribution in [3.05, 3.63) is 141 Å². The first-order chi connectivity index (χ1) is 33.0. The third-order valence-electron chi connectivity index (χ3n) is 12.1. The molecule has 1 spiro atoms. The molecule has 5 aromatic carbocycles. The van der Waals surface area contributed by atoms with E-state index in [1.165, 1.54) is 54.8 Å². The number of nitrogen functional groups attached to an aromatic ring is 2. The van der Waals surface area contributed by atoms with E-state index in [1.54, 1.807) is 19.2 Å². The highest BCUT2D eigenvalue weighted by atomic mass is 35.5. The number of hydrogen-bond donors (Lipinski definition) is 5. The second kappa shape index (κ2) is 18.3. The summed E-state index contributed by atoms with van der Waals surface area (Å²) in [4.78, 5) is 45.2. The fourth-order valence-corrected chi connectivity index (χ4v) is 10.7. The van der Waals surface area contributed by atoms with Crippen LogP contribution in [0.3, 0.4) is 0 Å². The minimum absolute atomic E-state index is 0.00111. The predicted molar refractivity (Wildman–Crippen MR) is 258 cm³/mol. The summed E-state index contributed by atoms with van der Waals surface area (Å²) in [6, 6.07) is 22.2. The Morgan fingerprint density at radius 3 is 2.33 bits per heavy atom. The van der Waals surface area contributed by atoms with Gasteiger partial charge in [0, 0.05) is 57.2 Å². The standard InChI is InChI=1S/C48H44ClN8O10S2/c1-4-68(61)43-35(50)17-15-32-41(43)66-42-33(16-18-36(51)44(42)69(62,63)64)48(32)34-22-27(10-14-30(34)47(60)67-48)46(59)53-21-7-5-6-20-52-39(58)24-37-45-56-55-25(2)57(45)38-19-13-29(65-3)23-31(38)40(54-37)26-8-11-28(49)12-9-26/h4,8-19,22-23,37H,5-7,20-21,24,50-51H2,1-3H3,(H,52,58)(H,53,59)(H,62,63,64)/q-1. The van der Waals surface area contributed by atoms with Gasteiger partial charge in [-0.25, -0.2) is 15.2 Å². The predicted octanol–water partition coefficient (Wildman–Crippen LogP) is 6.36. The highest BCUT2D eigenvalue weighted by molar-refractivity contribution is 7.86. The molecular formula is C48H44ClN8O10S2-. The number of carbonyl (C=O) groups is 3. The lowest BCUT2D eigenvalue weighted by Crippen LogP contribution is -2.34. The molecule has 0 bridgehead atoms. The maximum Gasteiger partial charge on any atom is 0.340 e. The van der Waals surface area contributed by atoms with Gasteiger partial charge in [-0.1, -0.05) is 30.7 Å². The van der Waals surface area contributed by atoms with E-state index < -0.39 is 54.7 Å². The average Bonchev–Trinajstić information content (AvgIpc) is 3.80. The molecule has 2 amide bonds. The normalized spacial score (nSPS) is 17.0. The van der Waals surface area contributed by atoms with Crippen molar-refractivity contribution in [2.24, 2.45) is 4.99 Å². The van der Waals surface area contributed by atoms with Gasteiger partial charge in [-0.3, -0.25) is 23.7 Å². The summed E-state index contributed by atoms with van der Waals surface area (Å²) in [7, 11) is -5.35. The van der Waals surface area contributed by atoms with E-state index in [4.69, 9.17) is 42.3 Å². The molecule has 4 heterocycles. The third kappa shape index (κ3) is 8.32. The molecule has 69 heavy (non-hydrogen) atoms. The lowest BCUT2D eigenvalue weighted by molar-refractivity contribution is -0.121. The van der Waals surface area contributed by atoms with Crippen LogP contribution < -0.4 is 31.6 Å². The minimum atomic E-state index is -5.05. The van der Waals surface area contributed by atoms with E-state index in [1.807, 2.05) is 41.8 Å². The minimum Gasteiger partial charge on any atom is -0.497 e. The lowest BCUT2D eigenvalue weighted by Gasteiger charge is -2.39. The molecule has 1 aromatic heterocycles. The van der Waals surface area contributed by atoms with Crippen LogP contribution in [0.4, 0.5) is 11.4 Å². The summed E-state index contributed by atoms with van der Waals surface area (Å²) in [5.74, 6) is -0.360. The van der Waals surface area contributed by atoms with Crippen LogP contribution in [0.15, 0.2) is 99.7 Å². The number of unbranched alkanes of at least 4 members (excludes halogenated alkanes) is 2. The number of amides is 2. The van der Waals surface area contributed by atoms with E-state index >= 15 is 0 Å². The first kappa shape index (κ1) is 46.8. The number of halogens is 1. The highest BCUT2D eigenvalue weighted by Gasteiger charge is 2.55. The number of nitrogens with two attached hydrogens (primary N) is 2. The quantitative estimate of drug-likeness (QED) is 0.0211. The molecule has 9 rings (SSSR count). The molecule has 356 valence electrons. The first-order valence-corrected chi connectivity index (χ1v) is 24.7. The van der Waals surface area contributed by atoms with Gasteiger partial charge in [0.25, 0.3) is 16.0 Å². The molecule has 6 aromatic rings. The van der Waals surface area contributed by atoms with Crippen molar-refractivity contribution in [3.63, 3.8) is 0 Å². The number of fused-ring (bicyclic) bond motifs is 9. The van der Waals surface area contributed by atoms with Crippen LogP contribution in [0.2, 0.25) is 5.02 Å². The van der Waals surface area contributed by atoms with Gasteiger partial charge in [0.15, 0.2) is 22.1 Å². The number of anilines is 2. The first-order valence-electron chi connectivity index (χ1n) is 21.6. The maximum absolute atomic E-state index is 13.7. The number of aryl methyl sites for hydroxylation is 1. The summed E-state index contributed by atoms with van der Waals surface area (Å²) in [5, 5.41) is 16.6. The number of nitrogens with one attached hydrogen (secondary N) is 2. The van der Waals surface area contributed by atoms with Gasteiger partial charge >= 0.3 is 5.97 Å². The summed E-state index contributed by atoms with van der Waals surface area (Å²) >= 11 is 6.23. The SMILES string of the molecule is CC=[S-](=O)c1c(N)ccc2c1Oc1c(ccc(N)c1S(=O)(=O)O)C21OC(=O)c2ccc(C(=O)NCCCCCNC(=O)CC3N=C(c4ccc(Cl)cc4)c4cc(OC)ccc4-n4c(C)nnc43)cc21. The van der Waals surface area contributed by atoms with Crippen LogP contribution in [0, 0.1) is 6.92 Å². The van der Waals surface area contributed by atoms with Crippen molar-refractivity contribution >= 4 is 72.3 Å². The van der Waals surface area contributed by atoms with E-state index in [0.29, 0.717) is 53.9 Å². The zero-order valence-electron chi connectivity index (χ0n) is 37.2. The van der Waals surface area contributed by atoms with Crippen molar-refractivity contribution in [2.45, 2.75) is 61.0 Å². The summed E-state index contributed by atoms with van der Waals surface area (Å²) in [6.45, 7) is 4.01. The fraction of sp³-hybridized carbons (Fsp3) is 0.229. The second-order valence-electron chi connectivity index (χ2n) is 16.4.